The lowest BCUT2D eigenvalue weighted by Gasteiger charge is -2.37. The summed E-state index contributed by atoms with van der Waals surface area (Å²) in [5, 5.41) is 13.8. The van der Waals surface area contributed by atoms with E-state index in [-0.39, 0.29) is 18.1 Å². The zero-order chi connectivity index (χ0) is 23.7. The minimum Gasteiger partial charge on any atom is -0.393 e. The first kappa shape index (κ1) is 22.6. The van der Waals surface area contributed by atoms with Crippen LogP contribution in [0.4, 0.5) is 17.1 Å². The number of hydrogen-bond donors (Lipinski definition) is 3. The highest BCUT2D eigenvalue weighted by Crippen LogP contribution is 2.30. The summed E-state index contributed by atoms with van der Waals surface area (Å²) in [7, 11) is 0. The second-order valence-corrected chi connectivity index (χ2v) is 9.64. The first-order valence-electron chi connectivity index (χ1n) is 12.1. The SMILES string of the molecule is CC1CC(N)CN(c2ccncc2NC(=O)c2ccc3ccc(N4CCC(O)CC4)cc3n2)C1. The minimum atomic E-state index is -0.267. The number of fused-ring (bicyclic) bond motifs is 1. The van der Waals surface area contributed by atoms with E-state index >= 15 is 0 Å². The van der Waals surface area contributed by atoms with Crippen LogP contribution in [0.2, 0.25) is 0 Å². The van der Waals surface area contributed by atoms with E-state index in [0.717, 1.165) is 67.7 Å². The molecule has 2 aliphatic rings. The number of hydrogen-bond acceptors (Lipinski definition) is 7. The van der Waals surface area contributed by atoms with Crippen LogP contribution in [0.15, 0.2) is 48.8 Å². The molecule has 8 nitrogen and oxygen atoms in total. The molecule has 5 rings (SSSR count). The van der Waals surface area contributed by atoms with Gasteiger partial charge in [0.2, 0.25) is 0 Å². The number of benzene rings is 1. The Morgan fingerprint density at radius 1 is 1.12 bits per heavy atom. The molecule has 0 radical (unpaired) electrons. The third-order valence-electron chi connectivity index (χ3n) is 6.82. The molecule has 0 aliphatic carbocycles. The number of carbonyl (C=O) groups is 1. The van der Waals surface area contributed by atoms with Crippen molar-refractivity contribution in [2.24, 2.45) is 11.7 Å². The van der Waals surface area contributed by atoms with Crippen molar-refractivity contribution in [1.29, 1.82) is 0 Å². The molecule has 2 saturated heterocycles. The molecule has 178 valence electrons. The van der Waals surface area contributed by atoms with Crippen LogP contribution in [0.3, 0.4) is 0 Å². The smallest absolute Gasteiger partial charge is 0.274 e. The van der Waals surface area contributed by atoms with Crippen LogP contribution in [0.5, 0.6) is 0 Å². The van der Waals surface area contributed by atoms with Crippen LogP contribution in [-0.2, 0) is 0 Å². The molecule has 34 heavy (non-hydrogen) atoms. The van der Waals surface area contributed by atoms with Gasteiger partial charge in [0, 0.05) is 49.5 Å². The van der Waals surface area contributed by atoms with Gasteiger partial charge in [0.1, 0.15) is 5.69 Å². The number of rotatable bonds is 4. The molecule has 2 atom stereocenters. The Bertz CT molecular complexity index is 1170. The van der Waals surface area contributed by atoms with E-state index in [1.165, 1.54) is 0 Å². The predicted octanol–water partition coefficient (Wildman–Crippen LogP) is 3.02. The monoisotopic (exact) mass is 460 g/mol. The standard InChI is InChI=1S/C26H32N6O2/c1-17-12-19(27)16-32(15-17)25-6-9-28-14-24(25)30-26(34)22-5-3-18-2-4-20(13-23(18)29-22)31-10-7-21(33)8-11-31/h2-6,9,13-14,17,19,21,33H,7-8,10-12,15-16,27H2,1H3,(H,30,34). The van der Waals surface area contributed by atoms with E-state index < -0.39 is 0 Å². The lowest BCUT2D eigenvalue weighted by molar-refractivity contribution is 0.102. The normalized spacial score (nSPS) is 21.6. The fourth-order valence-electron chi connectivity index (χ4n) is 5.09. The number of aliphatic hydroxyl groups is 1. The molecular weight excluding hydrogens is 428 g/mol. The van der Waals surface area contributed by atoms with Gasteiger partial charge < -0.3 is 26.0 Å². The van der Waals surface area contributed by atoms with E-state index in [1.807, 2.05) is 24.3 Å². The van der Waals surface area contributed by atoms with E-state index in [2.05, 4.69) is 38.1 Å². The molecule has 4 heterocycles. The van der Waals surface area contributed by atoms with E-state index in [9.17, 15) is 9.90 Å². The lowest BCUT2D eigenvalue weighted by atomic mass is 9.96. The second-order valence-electron chi connectivity index (χ2n) is 9.64. The Labute approximate surface area is 199 Å². The number of nitrogens with zero attached hydrogens (tertiary/aromatic N) is 4. The van der Waals surface area contributed by atoms with Crippen molar-refractivity contribution >= 4 is 33.9 Å². The molecule has 8 heteroatoms. The highest BCUT2D eigenvalue weighted by Gasteiger charge is 2.25. The fourth-order valence-corrected chi connectivity index (χ4v) is 5.09. The summed E-state index contributed by atoms with van der Waals surface area (Å²) in [5.41, 5.74) is 10.0. The third-order valence-corrected chi connectivity index (χ3v) is 6.82. The summed E-state index contributed by atoms with van der Waals surface area (Å²) in [4.78, 5) is 26.5. The van der Waals surface area contributed by atoms with Crippen molar-refractivity contribution in [3.8, 4) is 0 Å². The highest BCUT2D eigenvalue weighted by molar-refractivity contribution is 6.05. The van der Waals surface area contributed by atoms with Crippen LogP contribution in [0.1, 0.15) is 36.7 Å². The number of piperidine rings is 2. The molecule has 1 aromatic carbocycles. The van der Waals surface area contributed by atoms with Crippen molar-refractivity contribution in [2.75, 3.05) is 41.3 Å². The second kappa shape index (κ2) is 9.56. The number of aromatic nitrogens is 2. The maximum absolute atomic E-state index is 13.2. The van der Waals surface area contributed by atoms with Crippen LogP contribution in [-0.4, -0.2) is 59.3 Å². The molecule has 2 aromatic heterocycles. The van der Waals surface area contributed by atoms with Crippen molar-refractivity contribution in [3.63, 3.8) is 0 Å². The molecule has 0 spiro atoms. The Balaban J connectivity index is 1.37. The summed E-state index contributed by atoms with van der Waals surface area (Å²) < 4.78 is 0. The summed E-state index contributed by atoms with van der Waals surface area (Å²) in [6.07, 6.45) is 5.74. The van der Waals surface area contributed by atoms with Gasteiger partial charge in [-0.1, -0.05) is 19.1 Å². The van der Waals surface area contributed by atoms with Crippen LogP contribution < -0.4 is 20.9 Å². The quantitative estimate of drug-likeness (QED) is 0.549. The molecule has 1 amide bonds. The number of nitrogens with one attached hydrogen (secondary N) is 1. The zero-order valence-corrected chi connectivity index (χ0v) is 19.5. The van der Waals surface area contributed by atoms with E-state index in [0.29, 0.717) is 17.3 Å². The largest absolute Gasteiger partial charge is 0.393 e. The number of pyridine rings is 2. The van der Waals surface area contributed by atoms with Gasteiger partial charge in [-0.2, -0.15) is 0 Å². The minimum absolute atomic E-state index is 0.111. The Morgan fingerprint density at radius 3 is 2.71 bits per heavy atom. The number of carbonyl (C=O) groups excluding carboxylic acids is 1. The predicted molar refractivity (Wildman–Crippen MR) is 135 cm³/mol. The summed E-state index contributed by atoms with van der Waals surface area (Å²) in [6.45, 7) is 5.47. The Morgan fingerprint density at radius 2 is 1.91 bits per heavy atom. The molecule has 0 saturated carbocycles. The summed E-state index contributed by atoms with van der Waals surface area (Å²) in [6, 6.07) is 11.9. The topological polar surface area (TPSA) is 108 Å². The maximum atomic E-state index is 13.2. The highest BCUT2D eigenvalue weighted by atomic mass is 16.3. The fraction of sp³-hybridized carbons (Fsp3) is 0.423. The van der Waals surface area contributed by atoms with Gasteiger partial charge in [-0.15, -0.1) is 0 Å². The Kier molecular flexibility index (Phi) is 6.34. The van der Waals surface area contributed by atoms with Crippen LogP contribution >= 0.6 is 0 Å². The van der Waals surface area contributed by atoms with Crippen LogP contribution in [0.25, 0.3) is 10.9 Å². The molecular formula is C26H32N6O2. The zero-order valence-electron chi connectivity index (χ0n) is 19.5. The number of amides is 1. The van der Waals surface area contributed by atoms with Gasteiger partial charge in [-0.25, -0.2) is 4.98 Å². The molecule has 4 N–H and O–H groups in total. The average Bonchev–Trinajstić information content (AvgIpc) is 2.83. The molecule has 0 bridgehead atoms. The first-order valence-corrected chi connectivity index (χ1v) is 12.1. The van der Waals surface area contributed by atoms with Crippen LogP contribution in [0, 0.1) is 5.92 Å². The van der Waals surface area contributed by atoms with Gasteiger partial charge in [-0.05, 0) is 49.4 Å². The van der Waals surface area contributed by atoms with Gasteiger partial charge in [0.25, 0.3) is 5.91 Å². The van der Waals surface area contributed by atoms with Gasteiger partial charge in [0.05, 0.1) is 29.2 Å². The first-order chi connectivity index (χ1) is 16.5. The van der Waals surface area contributed by atoms with Gasteiger partial charge in [0.15, 0.2) is 0 Å². The number of anilines is 3. The van der Waals surface area contributed by atoms with E-state index in [1.54, 1.807) is 18.5 Å². The van der Waals surface area contributed by atoms with Gasteiger partial charge in [-0.3, -0.25) is 9.78 Å². The third kappa shape index (κ3) is 4.83. The maximum Gasteiger partial charge on any atom is 0.274 e. The molecule has 2 aliphatic heterocycles. The van der Waals surface area contributed by atoms with Crippen molar-refractivity contribution in [2.45, 2.75) is 38.3 Å². The molecule has 3 aromatic rings. The summed E-state index contributed by atoms with van der Waals surface area (Å²) in [5.74, 6) is 0.219. The summed E-state index contributed by atoms with van der Waals surface area (Å²) >= 11 is 0. The number of nitrogens with two attached hydrogens (primary N) is 1. The number of aliphatic hydroxyl groups excluding tert-OH is 1. The van der Waals surface area contributed by atoms with Crippen molar-refractivity contribution in [3.05, 3.63) is 54.5 Å². The van der Waals surface area contributed by atoms with Crippen molar-refractivity contribution < 1.29 is 9.90 Å². The molecule has 2 fully saturated rings. The average molecular weight is 461 g/mol. The molecule has 2 unspecified atom stereocenters. The lowest BCUT2D eigenvalue weighted by Crippen LogP contribution is -2.46. The Hall–Kier alpha value is -3.23. The van der Waals surface area contributed by atoms with Crippen molar-refractivity contribution in [1.82, 2.24) is 9.97 Å². The van der Waals surface area contributed by atoms with E-state index in [4.69, 9.17) is 5.73 Å². The van der Waals surface area contributed by atoms with Gasteiger partial charge >= 0.3 is 0 Å².